The number of rotatable bonds is 2. The second-order valence-corrected chi connectivity index (χ2v) is 4.50. The zero-order chi connectivity index (χ0) is 12.4. The first-order chi connectivity index (χ1) is 8.10. The minimum Gasteiger partial charge on any atom is -0.325 e. The van der Waals surface area contributed by atoms with Crippen molar-refractivity contribution in [2.75, 3.05) is 0 Å². The van der Waals surface area contributed by atoms with Crippen LogP contribution in [0.5, 0.6) is 0 Å². The molecule has 5 heteroatoms. The van der Waals surface area contributed by atoms with Crippen LogP contribution in [-0.2, 0) is 6.54 Å². The Labute approximate surface area is 110 Å². The van der Waals surface area contributed by atoms with Crippen LogP contribution < -0.4 is 5.73 Å². The van der Waals surface area contributed by atoms with Crippen molar-refractivity contribution in [3.63, 3.8) is 0 Å². The Kier molecular flexibility index (Phi) is 3.62. The van der Waals surface area contributed by atoms with Crippen molar-refractivity contribution < 1.29 is 0 Å². The fourth-order valence-corrected chi connectivity index (χ4v) is 1.90. The van der Waals surface area contributed by atoms with Crippen molar-refractivity contribution in [2.24, 2.45) is 5.73 Å². The van der Waals surface area contributed by atoms with E-state index in [1.54, 1.807) is 18.2 Å². The molecule has 3 nitrogen and oxygen atoms in total. The second kappa shape index (κ2) is 5.00. The van der Waals surface area contributed by atoms with Gasteiger partial charge in [-0.3, -0.25) is 0 Å². The van der Waals surface area contributed by atoms with Gasteiger partial charge in [-0.15, -0.1) is 0 Å². The zero-order valence-corrected chi connectivity index (χ0v) is 10.8. The molecule has 1 aromatic heterocycles. The van der Waals surface area contributed by atoms with Crippen LogP contribution >= 0.6 is 23.2 Å². The molecule has 0 spiro atoms. The lowest BCUT2D eigenvalue weighted by molar-refractivity contribution is 0.953. The van der Waals surface area contributed by atoms with E-state index in [1.165, 1.54) is 0 Å². The third kappa shape index (κ3) is 2.75. The van der Waals surface area contributed by atoms with E-state index in [0.717, 1.165) is 17.0 Å². The lowest BCUT2D eigenvalue weighted by Gasteiger charge is -2.06. The van der Waals surface area contributed by atoms with Gasteiger partial charge in [-0.2, -0.15) is 0 Å². The van der Waals surface area contributed by atoms with Gasteiger partial charge in [0.2, 0.25) is 0 Å². The van der Waals surface area contributed by atoms with Gasteiger partial charge >= 0.3 is 0 Å². The smallest absolute Gasteiger partial charge is 0.161 e. The maximum Gasteiger partial charge on any atom is 0.161 e. The molecule has 88 valence electrons. The van der Waals surface area contributed by atoms with E-state index in [2.05, 4.69) is 9.97 Å². The van der Waals surface area contributed by atoms with Crippen molar-refractivity contribution in [3.8, 4) is 11.4 Å². The number of hydrogen-bond donors (Lipinski definition) is 1. The number of hydrogen-bond acceptors (Lipinski definition) is 3. The summed E-state index contributed by atoms with van der Waals surface area (Å²) in [5, 5.41) is 1.17. The van der Waals surface area contributed by atoms with Crippen LogP contribution in [0.25, 0.3) is 11.4 Å². The molecular weight excluding hydrogens is 257 g/mol. The molecule has 2 rings (SSSR count). The standard InChI is InChI=1S/C12H11Cl2N3/c1-7-4-9(6-15)17-12(16-7)10-5-8(13)2-3-11(10)14/h2-5H,6,15H2,1H3. The third-order valence-electron chi connectivity index (χ3n) is 2.29. The average Bonchev–Trinajstić information content (AvgIpc) is 2.31. The van der Waals surface area contributed by atoms with E-state index in [1.807, 2.05) is 13.0 Å². The summed E-state index contributed by atoms with van der Waals surface area (Å²) in [4.78, 5) is 8.69. The monoisotopic (exact) mass is 267 g/mol. The Morgan fingerprint density at radius 1 is 1.18 bits per heavy atom. The first kappa shape index (κ1) is 12.3. The molecule has 0 amide bonds. The summed E-state index contributed by atoms with van der Waals surface area (Å²) in [6.45, 7) is 2.26. The molecule has 0 fully saturated rings. The van der Waals surface area contributed by atoms with Crippen molar-refractivity contribution in [2.45, 2.75) is 13.5 Å². The molecule has 17 heavy (non-hydrogen) atoms. The minimum absolute atomic E-state index is 0.370. The van der Waals surface area contributed by atoms with Crippen molar-refractivity contribution in [3.05, 3.63) is 45.7 Å². The first-order valence-corrected chi connectivity index (χ1v) is 5.86. The SMILES string of the molecule is Cc1cc(CN)nc(-c2cc(Cl)ccc2Cl)n1. The minimum atomic E-state index is 0.370. The summed E-state index contributed by atoms with van der Waals surface area (Å²) in [6, 6.07) is 7.06. The van der Waals surface area contributed by atoms with Crippen LogP contribution in [0.2, 0.25) is 10.0 Å². The summed E-state index contributed by atoms with van der Waals surface area (Å²) in [5.74, 6) is 0.554. The molecule has 0 aliphatic heterocycles. The maximum atomic E-state index is 6.11. The van der Waals surface area contributed by atoms with Crippen LogP contribution in [0.15, 0.2) is 24.3 Å². The number of nitrogens with two attached hydrogens (primary N) is 1. The van der Waals surface area contributed by atoms with E-state index in [9.17, 15) is 0 Å². The van der Waals surface area contributed by atoms with E-state index in [0.29, 0.717) is 22.4 Å². The van der Waals surface area contributed by atoms with Crippen LogP contribution in [0, 0.1) is 6.92 Å². The summed E-state index contributed by atoms with van der Waals surface area (Å²) in [6.07, 6.45) is 0. The highest BCUT2D eigenvalue weighted by Crippen LogP contribution is 2.28. The Hall–Kier alpha value is -1.16. The van der Waals surface area contributed by atoms with Crippen LogP contribution in [0.1, 0.15) is 11.4 Å². The summed E-state index contributed by atoms with van der Waals surface area (Å²) in [7, 11) is 0. The van der Waals surface area contributed by atoms with E-state index < -0.39 is 0 Å². The van der Waals surface area contributed by atoms with Crippen LogP contribution in [-0.4, -0.2) is 9.97 Å². The zero-order valence-electron chi connectivity index (χ0n) is 9.24. The number of halogens is 2. The van der Waals surface area contributed by atoms with E-state index >= 15 is 0 Å². The highest BCUT2D eigenvalue weighted by atomic mass is 35.5. The lowest BCUT2D eigenvalue weighted by Crippen LogP contribution is -2.03. The largest absolute Gasteiger partial charge is 0.325 e. The van der Waals surface area contributed by atoms with Crippen molar-refractivity contribution in [1.82, 2.24) is 9.97 Å². The van der Waals surface area contributed by atoms with Crippen molar-refractivity contribution in [1.29, 1.82) is 0 Å². The number of benzene rings is 1. The molecule has 0 aliphatic rings. The Morgan fingerprint density at radius 2 is 1.94 bits per heavy atom. The highest BCUT2D eigenvalue weighted by molar-refractivity contribution is 6.35. The van der Waals surface area contributed by atoms with E-state index in [-0.39, 0.29) is 0 Å². The molecule has 0 bridgehead atoms. The quantitative estimate of drug-likeness (QED) is 0.909. The van der Waals surface area contributed by atoms with Crippen molar-refractivity contribution >= 4 is 23.2 Å². The number of aryl methyl sites for hydroxylation is 1. The van der Waals surface area contributed by atoms with Gasteiger partial charge in [0.1, 0.15) is 0 Å². The van der Waals surface area contributed by atoms with Gasteiger partial charge in [0.25, 0.3) is 0 Å². The van der Waals surface area contributed by atoms with Gasteiger partial charge in [0.15, 0.2) is 5.82 Å². The second-order valence-electron chi connectivity index (χ2n) is 3.65. The third-order valence-corrected chi connectivity index (χ3v) is 2.85. The molecule has 2 N–H and O–H groups in total. The van der Waals surface area contributed by atoms with Crippen LogP contribution in [0.4, 0.5) is 0 Å². The summed E-state index contributed by atoms with van der Waals surface area (Å²) < 4.78 is 0. The van der Waals surface area contributed by atoms with E-state index in [4.69, 9.17) is 28.9 Å². The topological polar surface area (TPSA) is 51.8 Å². The predicted octanol–water partition coefficient (Wildman–Crippen LogP) is 3.22. The normalized spacial score (nSPS) is 10.6. The van der Waals surface area contributed by atoms with Gasteiger partial charge in [0, 0.05) is 22.8 Å². The molecule has 0 unspecified atom stereocenters. The summed E-state index contributed by atoms with van der Waals surface area (Å²) >= 11 is 12.1. The maximum absolute atomic E-state index is 6.11. The first-order valence-electron chi connectivity index (χ1n) is 5.10. The van der Waals surface area contributed by atoms with Gasteiger partial charge in [-0.1, -0.05) is 23.2 Å². The molecule has 0 saturated heterocycles. The fraction of sp³-hybridized carbons (Fsp3) is 0.167. The molecule has 1 aromatic carbocycles. The highest BCUT2D eigenvalue weighted by Gasteiger charge is 2.09. The van der Waals surface area contributed by atoms with Gasteiger partial charge in [-0.25, -0.2) is 9.97 Å². The molecule has 2 aromatic rings. The Morgan fingerprint density at radius 3 is 2.65 bits per heavy atom. The molecular formula is C12H11Cl2N3. The Balaban J connectivity index is 2.59. The molecule has 0 aliphatic carbocycles. The number of aromatic nitrogens is 2. The lowest BCUT2D eigenvalue weighted by atomic mass is 10.2. The van der Waals surface area contributed by atoms with Gasteiger partial charge in [-0.05, 0) is 31.2 Å². The molecule has 0 radical (unpaired) electrons. The molecule has 1 heterocycles. The molecule has 0 atom stereocenters. The predicted molar refractivity (Wildman–Crippen MR) is 70.1 cm³/mol. The average molecular weight is 268 g/mol. The Bertz CT molecular complexity index is 555. The number of nitrogens with zero attached hydrogens (tertiary/aromatic N) is 2. The van der Waals surface area contributed by atoms with Gasteiger partial charge in [0.05, 0.1) is 10.7 Å². The van der Waals surface area contributed by atoms with Crippen LogP contribution in [0.3, 0.4) is 0 Å². The molecule has 0 saturated carbocycles. The van der Waals surface area contributed by atoms with Gasteiger partial charge < -0.3 is 5.73 Å². The summed E-state index contributed by atoms with van der Waals surface area (Å²) in [5.41, 5.74) is 7.94. The fourth-order valence-electron chi connectivity index (χ4n) is 1.53.